The molecule has 0 spiro atoms. The third-order valence-corrected chi connectivity index (χ3v) is 11.0. The van der Waals surface area contributed by atoms with Crippen molar-refractivity contribution in [2.24, 2.45) is 0 Å². The van der Waals surface area contributed by atoms with Crippen molar-refractivity contribution >= 4 is 65.0 Å². The predicted molar refractivity (Wildman–Crippen MR) is 225 cm³/mol. The Bertz CT molecular complexity index is 3180. The Morgan fingerprint density at radius 1 is 0.264 bits per heavy atom. The second-order valence-electron chi connectivity index (χ2n) is 14.0. The van der Waals surface area contributed by atoms with Crippen molar-refractivity contribution in [2.75, 3.05) is 0 Å². The van der Waals surface area contributed by atoms with E-state index in [1.807, 2.05) is 12.1 Å². The molecule has 0 bridgehead atoms. The summed E-state index contributed by atoms with van der Waals surface area (Å²) in [6, 6.07) is 70.6. The molecule has 53 heavy (non-hydrogen) atoms. The lowest BCUT2D eigenvalue weighted by atomic mass is 9.85. The summed E-state index contributed by atoms with van der Waals surface area (Å²) in [4.78, 5) is 0. The molecule has 11 rings (SSSR count). The van der Waals surface area contributed by atoms with Gasteiger partial charge >= 0.3 is 0 Å². The normalized spacial score (nSPS) is 11.8. The van der Waals surface area contributed by atoms with Gasteiger partial charge in [0.1, 0.15) is 11.2 Å². The Morgan fingerprint density at radius 2 is 0.717 bits per heavy atom. The Balaban J connectivity index is 1.03. The first-order valence-electron chi connectivity index (χ1n) is 18.2. The molecule has 0 saturated carbocycles. The molecule has 0 unspecified atom stereocenters. The summed E-state index contributed by atoms with van der Waals surface area (Å²) >= 11 is 0. The van der Waals surface area contributed by atoms with Gasteiger partial charge in [0.25, 0.3) is 0 Å². The maximum atomic E-state index is 6.37. The fourth-order valence-electron chi connectivity index (χ4n) is 8.52. The van der Waals surface area contributed by atoms with Crippen molar-refractivity contribution in [3.05, 3.63) is 194 Å². The number of hydrogen-bond donors (Lipinski definition) is 0. The SMILES string of the molecule is c1cc(-c2ccc3cc(-c4cccc5c4oc4ccccc45)ccc3c2)cc(-c2c3ccccc3c(-c3ccc4ccccc4c3)c3ccccc23)c1. The lowest BCUT2D eigenvalue weighted by Gasteiger charge is -2.18. The molecule has 0 radical (unpaired) electrons. The van der Waals surface area contributed by atoms with Gasteiger partial charge in [0, 0.05) is 16.3 Å². The first kappa shape index (κ1) is 29.7. The number of furan rings is 1. The topological polar surface area (TPSA) is 13.1 Å². The van der Waals surface area contributed by atoms with Gasteiger partial charge in [-0.25, -0.2) is 0 Å². The van der Waals surface area contributed by atoms with E-state index in [0.29, 0.717) is 0 Å². The summed E-state index contributed by atoms with van der Waals surface area (Å²) in [6.07, 6.45) is 0. The molecule has 246 valence electrons. The molecule has 0 atom stereocenters. The van der Waals surface area contributed by atoms with Crippen LogP contribution in [-0.2, 0) is 0 Å². The van der Waals surface area contributed by atoms with Crippen molar-refractivity contribution in [1.82, 2.24) is 0 Å². The zero-order valence-corrected chi connectivity index (χ0v) is 28.9. The summed E-state index contributed by atoms with van der Waals surface area (Å²) in [6.45, 7) is 0. The molecule has 0 N–H and O–H groups in total. The number of para-hydroxylation sites is 2. The minimum absolute atomic E-state index is 0.921. The molecule has 11 aromatic rings. The number of hydrogen-bond acceptors (Lipinski definition) is 1. The maximum absolute atomic E-state index is 6.37. The van der Waals surface area contributed by atoms with Crippen LogP contribution in [0.4, 0.5) is 0 Å². The molecule has 0 amide bonds. The van der Waals surface area contributed by atoms with Crippen LogP contribution in [0.5, 0.6) is 0 Å². The van der Waals surface area contributed by atoms with Crippen molar-refractivity contribution < 1.29 is 4.42 Å². The van der Waals surface area contributed by atoms with Gasteiger partial charge in [0.2, 0.25) is 0 Å². The number of benzene rings is 10. The van der Waals surface area contributed by atoms with Crippen molar-refractivity contribution in [1.29, 1.82) is 0 Å². The van der Waals surface area contributed by atoms with E-state index in [1.165, 1.54) is 76.5 Å². The van der Waals surface area contributed by atoms with E-state index >= 15 is 0 Å². The highest BCUT2D eigenvalue weighted by molar-refractivity contribution is 6.22. The number of rotatable bonds is 4. The number of fused-ring (bicyclic) bond motifs is 7. The Kier molecular flexibility index (Phi) is 6.62. The van der Waals surface area contributed by atoms with E-state index in [-0.39, 0.29) is 0 Å². The van der Waals surface area contributed by atoms with E-state index in [4.69, 9.17) is 4.42 Å². The van der Waals surface area contributed by atoms with E-state index in [9.17, 15) is 0 Å². The summed E-state index contributed by atoms with van der Waals surface area (Å²) in [5, 5.41) is 12.3. The van der Waals surface area contributed by atoms with Crippen LogP contribution in [0.2, 0.25) is 0 Å². The van der Waals surface area contributed by atoms with Gasteiger partial charge in [-0.2, -0.15) is 0 Å². The molecule has 1 aromatic heterocycles. The highest BCUT2D eigenvalue weighted by atomic mass is 16.3. The van der Waals surface area contributed by atoms with Gasteiger partial charge < -0.3 is 4.42 Å². The molecular weight excluding hydrogens is 641 g/mol. The molecule has 1 nitrogen and oxygen atoms in total. The second-order valence-corrected chi connectivity index (χ2v) is 14.0. The predicted octanol–water partition coefficient (Wildman–Crippen LogP) is 14.9. The van der Waals surface area contributed by atoms with E-state index in [2.05, 4.69) is 182 Å². The van der Waals surface area contributed by atoms with E-state index in [1.54, 1.807) is 0 Å². The fraction of sp³-hybridized carbons (Fsp3) is 0. The average Bonchev–Trinajstić information content (AvgIpc) is 3.61. The van der Waals surface area contributed by atoms with Crippen molar-refractivity contribution in [3.8, 4) is 44.5 Å². The van der Waals surface area contributed by atoms with Crippen LogP contribution in [0, 0.1) is 0 Å². The smallest absolute Gasteiger partial charge is 0.143 e. The summed E-state index contributed by atoms with van der Waals surface area (Å²) < 4.78 is 6.37. The molecule has 1 heteroatoms. The average molecular weight is 673 g/mol. The van der Waals surface area contributed by atoms with Gasteiger partial charge in [-0.3, -0.25) is 0 Å². The molecular formula is C52H32O. The van der Waals surface area contributed by atoms with Crippen LogP contribution in [0.1, 0.15) is 0 Å². The van der Waals surface area contributed by atoms with Crippen LogP contribution in [0.15, 0.2) is 199 Å². The van der Waals surface area contributed by atoms with Gasteiger partial charge in [0.15, 0.2) is 0 Å². The largest absolute Gasteiger partial charge is 0.455 e. The molecule has 0 saturated heterocycles. The molecule has 1 heterocycles. The molecule has 0 aliphatic rings. The highest BCUT2D eigenvalue weighted by Gasteiger charge is 2.18. The first-order valence-corrected chi connectivity index (χ1v) is 18.2. The van der Waals surface area contributed by atoms with Crippen LogP contribution in [-0.4, -0.2) is 0 Å². The fourth-order valence-corrected chi connectivity index (χ4v) is 8.52. The van der Waals surface area contributed by atoms with Crippen LogP contribution in [0.25, 0.3) is 110 Å². The third-order valence-electron chi connectivity index (χ3n) is 11.0. The van der Waals surface area contributed by atoms with Gasteiger partial charge in [-0.05, 0) is 112 Å². The maximum Gasteiger partial charge on any atom is 0.143 e. The Morgan fingerprint density at radius 3 is 1.45 bits per heavy atom. The third kappa shape index (κ3) is 4.79. The van der Waals surface area contributed by atoms with E-state index < -0.39 is 0 Å². The van der Waals surface area contributed by atoms with Crippen LogP contribution >= 0.6 is 0 Å². The lowest BCUT2D eigenvalue weighted by Crippen LogP contribution is -1.91. The monoisotopic (exact) mass is 672 g/mol. The Hall–Kier alpha value is -6.96. The zero-order valence-electron chi connectivity index (χ0n) is 28.9. The second kappa shape index (κ2) is 11.8. The summed E-state index contributed by atoms with van der Waals surface area (Å²) in [7, 11) is 0. The minimum Gasteiger partial charge on any atom is -0.455 e. The quantitative estimate of drug-likeness (QED) is 0.170. The Labute approximate surface area is 307 Å². The van der Waals surface area contributed by atoms with Crippen molar-refractivity contribution in [3.63, 3.8) is 0 Å². The first-order chi connectivity index (χ1) is 26.3. The van der Waals surface area contributed by atoms with Gasteiger partial charge in [-0.1, -0.05) is 164 Å². The van der Waals surface area contributed by atoms with Crippen molar-refractivity contribution in [2.45, 2.75) is 0 Å². The van der Waals surface area contributed by atoms with Gasteiger partial charge in [0.05, 0.1) is 0 Å². The lowest BCUT2D eigenvalue weighted by molar-refractivity contribution is 0.670. The zero-order chi connectivity index (χ0) is 34.9. The summed E-state index contributed by atoms with van der Waals surface area (Å²) in [5.74, 6) is 0. The standard InChI is InChI=1S/C52H32O/c1-2-12-34-31-41(28-23-33(34)11-1)51-46-18-5-3-16-44(46)50(45-17-4-6-19-47(45)51)40-14-9-13-35(32-40)36-24-25-38-30-39(27-26-37(38)29-36)42-20-10-21-48-43-15-7-8-22-49(43)53-52(42)48/h1-32H. The highest BCUT2D eigenvalue weighted by Crippen LogP contribution is 2.45. The molecule has 0 aliphatic carbocycles. The van der Waals surface area contributed by atoms with Crippen LogP contribution < -0.4 is 0 Å². The van der Waals surface area contributed by atoms with Crippen LogP contribution in [0.3, 0.4) is 0 Å². The van der Waals surface area contributed by atoms with Gasteiger partial charge in [-0.15, -0.1) is 0 Å². The molecule has 0 aliphatic heterocycles. The molecule has 0 fully saturated rings. The molecule has 10 aromatic carbocycles. The minimum atomic E-state index is 0.921. The van der Waals surface area contributed by atoms with E-state index in [0.717, 1.165) is 33.1 Å². The summed E-state index contributed by atoms with van der Waals surface area (Å²) in [5.41, 5.74) is 11.5.